The maximum Gasteiger partial charge on any atom is 0.330 e. The summed E-state index contributed by atoms with van der Waals surface area (Å²) >= 11 is 1.39. The van der Waals surface area contributed by atoms with Gasteiger partial charge < -0.3 is 4.90 Å². The zero-order valence-electron chi connectivity index (χ0n) is 12.4. The van der Waals surface area contributed by atoms with E-state index in [2.05, 4.69) is 21.8 Å². The standard InChI is InChI=1S/C14H20N4O2S/c1-3-6-18-12(19)10-11(15-13(18)20)16-14(21-10)17-7-4-9(2)5-8-17/h9H,3-8H2,1-2H3,(H,15,20). The number of aromatic nitrogens is 3. The van der Waals surface area contributed by atoms with E-state index < -0.39 is 0 Å². The molecule has 2 aromatic heterocycles. The van der Waals surface area contributed by atoms with E-state index >= 15 is 0 Å². The van der Waals surface area contributed by atoms with E-state index in [9.17, 15) is 9.59 Å². The second-order valence-electron chi connectivity index (χ2n) is 5.73. The van der Waals surface area contributed by atoms with Crippen molar-refractivity contribution in [2.24, 2.45) is 5.92 Å². The van der Waals surface area contributed by atoms with Crippen molar-refractivity contribution in [3.8, 4) is 0 Å². The lowest BCUT2D eigenvalue weighted by Gasteiger charge is -2.29. The smallest absolute Gasteiger partial charge is 0.330 e. The Morgan fingerprint density at radius 3 is 2.71 bits per heavy atom. The molecule has 7 heteroatoms. The molecule has 2 aromatic rings. The number of hydrogen-bond acceptors (Lipinski definition) is 5. The van der Waals surface area contributed by atoms with Gasteiger partial charge >= 0.3 is 5.69 Å². The second-order valence-corrected chi connectivity index (χ2v) is 6.71. The number of H-pyrrole nitrogens is 1. The summed E-state index contributed by atoms with van der Waals surface area (Å²) in [7, 11) is 0. The Hall–Kier alpha value is -1.63. The fraction of sp³-hybridized carbons (Fsp3) is 0.643. The third-order valence-corrected chi connectivity index (χ3v) is 5.13. The van der Waals surface area contributed by atoms with Crippen molar-refractivity contribution in [1.29, 1.82) is 0 Å². The zero-order chi connectivity index (χ0) is 15.0. The average molecular weight is 308 g/mol. The molecule has 0 radical (unpaired) electrons. The van der Waals surface area contributed by atoms with Crippen LogP contribution in [0.1, 0.15) is 33.1 Å². The van der Waals surface area contributed by atoms with Crippen molar-refractivity contribution < 1.29 is 0 Å². The highest BCUT2D eigenvalue weighted by Gasteiger charge is 2.20. The number of hydrogen-bond donors (Lipinski definition) is 1. The molecule has 0 aromatic carbocycles. The monoisotopic (exact) mass is 308 g/mol. The van der Waals surface area contributed by atoms with Gasteiger partial charge in [-0.3, -0.25) is 14.3 Å². The third-order valence-electron chi connectivity index (χ3n) is 4.03. The Kier molecular flexibility index (Phi) is 3.84. The maximum absolute atomic E-state index is 12.4. The van der Waals surface area contributed by atoms with Gasteiger partial charge in [-0.05, 0) is 25.2 Å². The van der Waals surface area contributed by atoms with Gasteiger partial charge in [0.05, 0.1) is 0 Å². The lowest BCUT2D eigenvalue weighted by atomic mass is 10.00. The van der Waals surface area contributed by atoms with Crippen molar-refractivity contribution >= 4 is 26.8 Å². The van der Waals surface area contributed by atoms with Crippen LogP contribution in [-0.4, -0.2) is 27.6 Å². The molecule has 0 unspecified atom stereocenters. The molecule has 1 N–H and O–H groups in total. The first-order valence-corrected chi connectivity index (χ1v) is 8.30. The molecule has 1 saturated heterocycles. The van der Waals surface area contributed by atoms with Gasteiger partial charge in [0.25, 0.3) is 5.56 Å². The van der Waals surface area contributed by atoms with Gasteiger partial charge in [0, 0.05) is 19.6 Å². The van der Waals surface area contributed by atoms with Gasteiger partial charge in [0.1, 0.15) is 4.70 Å². The molecule has 0 amide bonds. The largest absolute Gasteiger partial charge is 0.348 e. The number of anilines is 1. The molecule has 114 valence electrons. The molecule has 0 spiro atoms. The van der Waals surface area contributed by atoms with E-state index in [-0.39, 0.29) is 11.2 Å². The van der Waals surface area contributed by atoms with E-state index in [4.69, 9.17) is 0 Å². The highest BCUT2D eigenvalue weighted by Crippen LogP contribution is 2.28. The molecule has 3 rings (SSSR count). The molecule has 3 heterocycles. The number of nitrogens with one attached hydrogen (secondary N) is 1. The summed E-state index contributed by atoms with van der Waals surface area (Å²) in [6, 6.07) is 0. The number of fused-ring (bicyclic) bond motifs is 1. The molecule has 1 aliphatic rings. The SMILES string of the molecule is CCCn1c(=O)[nH]c2nc(N3CCC(C)CC3)sc2c1=O. The number of rotatable bonds is 3. The van der Waals surface area contributed by atoms with Crippen molar-refractivity contribution in [3.05, 3.63) is 20.8 Å². The summed E-state index contributed by atoms with van der Waals surface area (Å²) in [5.74, 6) is 0.747. The van der Waals surface area contributed by atoms with Crippen molar-refractivity contribution in [2.45, 2.75) is 39.7 Å². The predicted octanol–water partition coefficient (Wildman–Crippen LogP) is 1.79. The number of aromatic amines is 1. The molecule has 0 bridgehead atoms. The summed E-state index contributed by atoms with van der Waals surface area (Å²) in [6.07, 6.45) is 3.04. The lowest BCUT2D eigenvalue weighted by Crippen LogP contribution is -2.34. The van der Waals surface area contributed by atoms with Crippen LogP contribution in [0.5, 0.6) is 0 Å². The van der Waals surface area contributed by atoms with Gasteiger partial charge in [-0.2, -0.15) is 0 Å². The molecule has 1 fully saturated rings. The maximum atomic E-state index is 12.4. The Morgan fingerprint density at radius 1 is 1.33 bits per heavy atom. The minimum atomic E-state index is -0.363. The third kappa shape index (κ3) is 2.62. The van der Waals surface area contributed by atoms with E-state index in [1.54, 1.807) is 0 Å². The fourth-order valence-corrected chi connectivity index (χ4v) is 3.71. The van der Waals surface area contributed by atoms with E-state index in [0.29, 0.717) is 16.9 Å². The Morgan fingerprint density at radius 2 is 2.05 bits per heavy atom. The van der Waals surface area contributed by atoms with Gasteiger partial charge in [-0.1, -0.05) is 25.2 Å². The van der Waals surface area contributed by atoms with Crippen LogP contribution in [0.3, 0.4) is 0 Å². The van der Waals surface area contributed by atoms with Crippen LogP contribution in [0.15, 0.2) is 9.59 Å². The van der Waals surface area contributed by atoms with Crippen LogP contribution >= 0.6 is 11.3 Å². The highest BCUT2D eigenvalue weighted by molar-refractivity contribution is 7.22. The topological polar surface area (TPSA) is 71.0 Å². The van der Waals surface area contributed by atoms with Crippen molar-refractivity contribution in [3.63, 3.8) is 0 Å². The lowest BCUT2D eigenvalue weighted by molar-refractivity contribution is 0.438. The number of nitrogens with zero attached hydrogens (tertiary/aromatic N) is 3. The molecular formula is C14H20N4O2S. The number of thiazole rings is 1. The molecule has 6 nitrogen and oxygen atoms in total. The first kappa shape index (κ1) is 14.3. The highest BCUT2D eigenvalue weighted by atomic mass is 32.1. The van der Waals surface area contributed by atoms with E-state index in [1.807, 2.05) is 6.92 Å². The normalized spacial score (nSPS) is 16.8. The van der Waals surface area contributed by atoms with Gasteiger partial charge in [0.15, 0.2) is 10.8 Å². The zero-order valence-corrected chi connectivity index (χ0v) is 13.2. The van der Waals surface area contributed by atoms with Crippen LogP contribution in [0.25, 0.3) is 10.3 Å². The molecule has 0 aliphatic carbocycles. The van der Waals surface area contributed by atoms with E-state index in [1.165, 1.54) is 15.9 Å². The molecule has 1 aliphatic heterocycles. The number of piperidine rings is 1. The fourth-order valence-electron chi connectivity index (χ4n) is 2.68. The van der Waals surface area contributed by atoms with Crippen LogP contribution in [0.2, 0.25) is 0 Å². The van der Waals surface area contributed by atoms with Crippen LogP contribution in [0.4, 0.5) is 5.13 Å². The van der Waals surface area contributed by atoms with E-state index in [0.717, 1.165) is 43.4 Å². The van der Waals surface area contributed by atoms with Crippen molar-refractivity contribution in [2.75, 3.05) is 18.0 Å². The predicted molar refractivity (Wildman–Crippen MR) is 85.4 cm³/mol. The summed E-state index contributed by atoms with van der Waals surface area (Å²) in [5, 5.41) is 0.846. The van der Waals surface area contributed by atoms with Gasteiger partial charge in [-0.25, -0.2) is 9.78 Å². The first-order valence-electron chi connectivity index (χ1n) is 7.48. The summed E-state index contributed by atoms with van der Waals surface area (Å²) < 4.78 is 1.82. The Bertz CT molecular complexity index is 752. The summed E-state index contributed by atoms with van der Waals surface area (Å²) in [4.78, 5) is 33.7. The summed E-state index contributed by atoms with van der Waals surface area (Å²) in [5.41, 5.74) is -0.154. The Balaban J connectivity index is 2.02. The minimum absolute atomic E-state index is 0.218. The molecule has 21 heavy (non-hydrogen) atoms. The summed E-state index contributed by atoms with van der Waals surface area (Å²) in [6.45, 7) is 6.58. The molecule has 0 atom stereocenters. The Labute approximate surface area is 126 Å². The second kappa shape index (κ2) is 5.63. The van der Waals surface area contributed by atoms with Crippen LogP contribution in [-0.2, 0) is 6.54 Å². The van der Waals surface area contributed by atoms with Gasteiger partial charge in [0.2, 0.25) is 0 Å². The van der Waals surface area contributed by atoms with Crippen LogP contribution < -0.4 is 16.1 Å². The first-order chi connectivity index (χ1) is 10.1. The quantitative estimate of drug-likeness (QED) is 0.938. The van der Waals surface area contributed by atoms with Crippen LogP contribution in [0, 0.1) is 5.92 Å². The molecule has 0 saturated carbocycles. The minimum Gasteiger partial charge on any atom is -0.348 e. The average Bonchev–Trinajstić information content (AvgIpc) is 2.88. The van der Waals surface area contributed by atoms with Crippen molar-refractivity contribution in [1.82, 2.24) is 14.5 Å². The molecular weight excluding hydrogens is 288 g/mol. The van der Waals surface area contributed by atoms with Gasteiger partial charge in [-0.15, -0.1) is 0 Å².